The molecule has 92 valence electrons. The summed E-state index contributed by atoms with van der Waals surface area (Å²) in [7, 11) is 0. The minimum atomic E-state index is -4.45. The molecular weight excluding hydrogens is 241 g/mol. The van der Waals surface area contributed by atoms with Gasteiger partial charge < -0.3 is 10.6 Å². The van der Waals surface area contributed by atoms with Crippen LogP contribution in [0.2, 0.25) is 0 Å². The Morgan fingerprint density at radius 3 is 2.62 bits per heavy atom. The largest absolute Gasteiger partial charge is 0.397 e. The van der Waals surface area contributed by atoms with Crippen LogP contribution in [0.3, 0.4) is 0 Å². The first-order valence-electron chi connectivity index (χ1n) is 4.93. The van der Waals surface area contributed by atoms with Crippen LogP contribution in [-0.2, 0) is 4.79 Å². The molecule has 0 spiro atoms. The van der Waals surface area contributed by atoms with Gasteiger partial charge in [0.1, 0.15) is 6.42 Å². The lowest BCUT2D eigenvalue weighted by molar-refractivity contribution is -0.162. The van der Waals surface area contributed by atoms with E-state index >= 15 is 0 Å². The van der Waals surface area contributed by atoms with Crippen molar-refractivity contribution < 1.29 is 18.0 Å². The summed E-state index contributed by atoms with van der Waals surface area (Å²) in [5.41, 5.74) is 5.43. The Morgan fingerprint density at radius 1 is 1.50 bits per heavy atom. The Hall–Kier alpha value is -0.850. The van der Waals surface area contributed by atoms with Crippen LogP contribution in [0.15, 0.2) is 0 Å². The van der Waals surface area contributed by atoms with E-state index in [0.717, 1.165) is 6.42 Å². The third-order valence-corrected chi connectivity index (χ3v) is 2.86. The minimum Gasteiger partial charge on any atom is -0.393 e. The fraction of sp³-hybridized carbons (Fsp3) is 0.778. The van der Waals surface area contributed by atoms with Crippen LogP contribution in [0.1, 0.15) is 19.3 Å². The molecule has 16 heavy (non-hydrogen) atoms. The van der Waals surface area contributed by atoms with Gasteiger partial charge in [-0.2, -0.15) is 13.2 Å². The number of rotatable bonds is 2. The fourth-order valence-electron chi connectivity index (χ4n) is 1.72. The van der Waals surface area contributed by atoms with Gasteiger partial charge in [-0.1, -0.05) is 12.2 Å². The zero-order valence-electron chi connectivity index (χ0n) is 8.59. The van der Waals surface area contributed by atoms with Crippen molar-refractivity contribution in [2.75, 3.05) is 13.1 Å². The van der Waals surface area contributed by atoms with Crippen molar-refractivity contribution in [2.24, 2.45) is 11.7 Å². The number of alkyl halides is 3. The first-order valence-corrected chi connectivity index (χ1v) is 5.34. The highest BCUT2D eigenvalue weighted by Crippen LogP contribution is 2.23. The molecule has 1 unspecified atom stereocenters. The fourth-order valence-corrected chi connectivity index (χ4v) is 1.91. The lowest BCUT2D eigenvalue weighted by atomic mass is 9.98. The second kappa shape index (κ2) is 4.99. The van der Waals surface area contributed by atoms with Crippen molar-refractivity contribution in [3.05, 3.63) is 0 Å². The van der Waals surface area contributed by atoms with Gasteiger partial charge >= 0.3 is 6.18 Å². The molecule has 1 rings (SSSR count). The van der Waals surface area contributed by atoms with Crippen molar-refractivity contribution in [2.45, 2.75) is 25.4 Å². The molecule has 0 saturated carbocycles. The molecule has 0 aromatic heterocycles. The molecule has 3 nitrogen and oxygen atoms in total. The smallest absolute Gasteiger partial charge is 0.393 e. The number of amides is 1. The number of halogens is 3. The van der Waals surface area contributed by atoms with Crippen molar-refractivity contribution >= 4 is 23.1 Å². The number of nitrogens with zero attached hydrogens (tertiary/aromatic N) is 1. The van der Waals surface area contributed by atoms with Crippen LogP contribution in [0.25, 0.3) is 0 Å². The standard InChI is InChI=1S/C9H13F3N2OS/c10-9(11,12)4-7(15)14-3-1-2-6(5-14)8(13)16/h6H,1-5H2,(H2,13,16). The van der Waals surface area contributed by atoms with Gasteiger partial charge in [0.05, 0.1) is 4.99 Å². The first kappa shape index (κ1) is 13.2. The molecule has 1 atom stereocenters. The molecule has 1 fully saturated rings. The number of piperidine rings is 1. The quantitative estimate of drug-likeness (QED) is 0.759. The molecule has 0 bridgehead atoms. The molecule has 1 saturated heterocycles. The molecule has 1 aliphatic heterocycles. The number of hydrogen-bond donors (Lipinski definition) is 1. The number of likely N-dealkylation sites (tertiary alicyclic amines) is 1. The summed E-state index contributed by atoms with van der Waals surface area (Å²) in [6, 6.07) is 0. The average molecular weight is 254 g/mol. The van der Waals surface area contributed by atoms with Crippen molar-refractivity contribution in [1.29, 1.82) is 0 Å². The Kier molecular flexibility index (Phi) is 4.12. The normalized spacial score (nSPS) is 21.9. The SMILES string of the molecule is NC(=S)C1CCCN(C(=O)CC(F)(F)F)C1. The average Bonchev–Trinajstić information content (AvgIpc) is 2.15. The summed E-state index contributed by atoms with van der Waals surface area (Å²) in [6.45, 7) is 0.568. The zero-order valence-corrected chi connectivity index (χ0v) is 9.40. The highest BCUT2D eigenvalue weighted by Gasteiger charge is 2.35. The second-order valence-electron chi connectivity index (χ2n) is 3.87. The Morgan fingerprint density at radius 2 is 2.12 bits per heavy atom. The summed E-state index contributed by atoms with van der Waals surface area (Å²) in [6.07, 6.45) is -4.47. The molecule has 1 aliphatic rings. The number of carbonyl (C=O) groups excluding carboxylic acids is 1. The lowest BCUT2D eigenvalue weighted by Crippen LogP contribution is -2.44. The molecule has 1 heterocycles. The van der Waals surface area contributed by atoms with Gasteiger partial charge in [0.15, 0.2) is 0 Å². The third kappa shape index (κ3) is 3.96. The number of carbonyl (C=O) groups is 1. The van der Waals surface area contributed by atoms with Crippen molar-refractivity contribution in [1.82, 2.24) is 4.90 Å². The van der Waals surface area contributed by atoms with E-state index in [1.54, 1.807) is 0 Å². The van der Waals surface area contributed by atoms with Gasteiger partial charge in [-0.3, -0.25) is 4.79 Å². The van der Waals surface area contributed by atoms with Gasteiger partial charge in [0, 0.05) is 19.0 Å². The van der Waals surface area contributed by atoms with Crippen LogP contribution >= 0.6 is 12.2 Å². The van der Waals surface area contributed by atoms with Crippen LogP contribution in [-0.4, -0.2) is 35.1 Å². The van der Waals surface area contributed by atoms with Gasteiger partial charge in [0.2, 0.25) is 5.91 Å². The summed E-state index contributed by atoms with van der Waals surface area (Å²) < 4.78 is 36.1. The number of nitrogens with two attached hydrogens (primary N) is 1. The van der Waals surface area contributed by atoms with E-state index in [2.05, 4.69) is 0 Å². The Labute approximate surface area is 96.8 Å². The van der Waals surface area contributed by atoms with E-state index in [9.17, 15) is 18.0 Å². The maximum absolute atomic E-state index is 12.0. The summed E-state index contributed by atoms with van der Waals surface area (Å²) in [5.74, 6) is -1.05. The summed E-state index contributed by atoms with van der Waals surface area (Å²) in [5, 5.41) is 0. The molecule has 0 aliphatic carbocycles. The van der Waals surface area contributed by atoms with Crippen LogP contribution in [0, 0.1) is 5.92 Å². The summed E-state index contributed by atoms with van der Waals surface area (Å²) >= 11 is 4.78. The van der Waals surface area contributed by atoms with Gasteiger partial charge in [0.25, 0.3) is 0 Å². The molecule has 0 aromatic rings. The minimum absolute atomic E-state index is 0.152. The van der Waals surface area contributed by atoms with E-state index in [0.29, 0.717) is 13.0 Å². The predicted molar refractivity (Wildman–Crippen MR) is 56.8 cm³/mol. The van der Waals surface area contributed by atoms with Gasteiger partial charge in [-0.15, -0.1) is 0 Å². The lowest BCUT2D eigenvalue weighted by Gasteiger charge is -2.32. The van der Waals surface area contributed by atoms with Crippen molar-refractivity contribution in [3.8, 4) is 0 Å². The highest BCUT2D eigenvalue weighted by molar-refractivity contribution is 7.80. The zero-order chi connectivity index (χ0) is 12.3. The number of hydrogen-bond acceptors (Lipinski definition) is 2. The van der Waals surface area contributed by atoms with Crippen molar-refractivity contribution in [3.63, 3.8) is 0 Å². The van der Waals surface area contributed by atoms with E-state index < -0.39 is 18.5 Å². The topological polar surface area (TPSA) is 46.3 Å². The molecule has 0 aromatic carbocycles. The van der Waals surface area contributed by atoms with E-state index in [1.807, 2.05) is 0 Å². The van der Waals surface area contributed by atoms with Crippen LogP contribution in [0.4, 0.5) is 13.2 Å². The third-order valence-electron chi connectivity index (χ3n) is 2.53. The first-order chi connectivity index (χ1) is 7.29. The summed E-state index contributed by atoms with van der Waals surface area (Å²) in [4.78, 5) is 12.8. The molecule has 0 radical (unpaired) electrons. The van der Waals surface area contributed by atoms with E-state index in [4.69, 9.17) is 18.0 Å². The van der Waals surface area contributed by atoms with Crippen LogP contribution in [0.5, 0.6) is 0 Å². The number of thiocarbonyl (C=S) groups is 1. The second-order valence-corrected chi connectivity index (χ2v) is 4.34. The Balaban J connectivity index is 2.54. The maximum atomic E-state index is 12.0. The van der Waals surface area contributed by atoms with Crippen LogP contribution < -0.4 is 5.73 Å². The maximum Gasteiger partial charge on any atom is 0.397 e. The monoisotopic (exact) mass is 254 g/mol. The predicted octanol–water partition coefficient (Wildman–Crippen LogP) is 1.46. The molecule has 7 heteroatoms. The van der Waals surface area contributed by atoms with E-state index in [-0.39, 0.29) is 17.5 Å². The van der Waals surface area contributed by atoms with Gasteiger partial charge in [-0.25, -0.2) is 0 Å². The van der Waals surface area contributed by atoms with Gasteiger partial charge in [-0.05, 0) is 12.8 Å². The molecule has 1 amide bonds. The molecular formula is C9H13F3N2OS. The Bertz CT molecular complexity index is 293. The molecule has 2 N–H and O–H groups in total. The highest BCUT2D eigenvalue weighted by atomic mass is 32.1. The van der Waals surface area contributed by atoms with E-state index in [1.165, 1.54) is 4.90 Å².